The molecule has 0 aliphatic carbocycles. The average molecular weight is 501 g/mol. The molecule has 3 aromatic carbocycles. The van der Waals surface area contributed by atoms with Crippen molar-refractivity contribution in [1.82, 2.24) is 10.2 Å². The number of carbonyl (C=O) groups excluding carboxylic acids is 2. The lowest BCUT2D eigenvalue weighted by atomic mass is 9.87. The van der Waals surface area contributed by atoms with Crippen LogP contribution in [-0.2, 0) is 28.0 Å². The Morgan fingerprint density at radius 2 is 1.51 bits per heavy atom. The lowest BCUT2D eigenvalue weighted by Gasteiger charge is -2.32. The van der Waals surface area contributed by atoms with Crippen LogP contribution in [0.25, 0.3) is 0 Å². The van der Waals surface area contributed by atoms with Gasteiger partial charge in [-0.1, -0.05) is 87.5 Å². The maximum atomic E-state index is 13.7. The molecule has 0 heterocycles. The van der Waals surface area contributed by atoms with Gasteiger partial charge >= 0.3 is 0 Å². The van der Waals surface area contributed by atoms with Crippen LogP contribution in [0, 0.1) is 6.92 Å². The van der Waals surface area contributed by atoms with Gasteiger partial charge in [-0.15, -0.1) is 0 Å². The highest BCUT2D eigenvalue weighted by molar-refractivity contribution is 5.88. The third kappa shape index (κ3) is 8.21. The highest BCUT2D eigenvalue weighted by Crippen LogP contribution is 2.24. The van der Waals surface area contributed by atoms with Crippen LogP contribution >= 0.6 is 0 Å². The first-order valence-corrected chi connectivity index (χ1v) is 13.0. The standard InChI is InChI=1S/C32H40N2O3/c1-23(2)33-31(36)29(20-25-13-8-7-9-14-25)34(21-26-15-11-10-12-24(26)3)30(35)22-37-28-18-16-27(17-19-28)32(4,5)6/h7-19,23,29H,20-22H2,1-6H3,(H,33,36)/t29-/m0/s1. The Hall–Kier alpha value is -3.60. The summed E-state index contributed by atoms with van der Waals surface area (Å²) in [5, 5.41) is 3.02. The fourth-order valence-electron chi connectivity index (χ4n) is 4.18. The molecule has 196 valence electrons. The molecular weight excluding hydrogens is 460 g/mol. The van der Waals surface area contributed by atoms with Crippen molar-refractivity contribution in [3.05, 3.63) is 101 Å². The molecule has 0 bridgehead atoms. The number of benzene rings is 3. The number of nitrogens with one attached hydrogen (secondary N) is 1. The molecule has 0 radical (unpaired) electrons. The summed E-state index contributed by atoms with van der Waals surface area (Å²) < 4.78 is 5.92. The third-order valence-corrected chi connectivity index (χ3v) is 6.39. The second-order valence-electron chi connectivity index (χ2n) is 10.9. The molecule has 37 heavy (non-hydrogen) atoms. The maximum absolute atomic E-state index is 13.7. The molecule has 0 aromatic heterocycles. The molecule has 2 amide bonds. The zero-order chi connectivity index (χ0) is 27.0. The van der Waals surface area contributed by atoms with E-state index < -0.39 is 6.04 Å². The summed E-state index contributed by atoms with van der Waals surface area (Å²) in [4.78, 5) is 28.8. The maximum Gasteiger partial charge on any atom is 0.261 e. The van der Waals surface area contributed by atoms with Gasteiger partial charge in [0.05, 0.1) is 0 Å². The predicted octanol–water partition coefficient (Wildman–Crippen LogP) is 5.84. The first kappa shape index (κ1) is 28.0. The van der Waals surface area contributed by atoms with E-state index in [0.29, 0.717) is 18.7 Å². The second kappa shape index (κ2) is 12.6. The predicted molar refractivity (Wildman–Crippen MR) is 150 cm³/mol. The van der Waals surface area contributed by atoms with Crippen LogP contribution in [-0.4, -0.2) is 35.4 Å². The van der Waals surface area contributed by atoms with Crippen LogP contribution in [0.1, 0.15) is 56.9 Å². The van der Waals surface area contributed by atoms with E-state index in [1.807, 2.05) is 99.6 Å². The summed E-state index contributed by atoms with van der Waals surface area (Å²) in [6.07, 6.45) is 0.414. The van der Waals surface area contributed by atoms with E-state index >= 15 is 0 Å². The topological polar surface area (TPSA) is 58.6 Å². The molecule has 1 atom stereocenters. The smallest absolute Gasteiger partial charge is 0.261 e. The van der Waals surface area contributed by atoms with E-state index in [1.54, 1.807) is 4.90 Å². The van der Waals surface area contributed by atoms with E-state index in [4.69, 9.17) is 4.74 Å². The Bertz CT molecular complexity index is 1160. The van der Waals surface area contributed by atoms with Gasteiger partial charge in [0, 0.05) is 19.0 Å². The zero-order valence-corrected chi connectivity index (χ0v) is 23.0. The molecule has 5 nitrogen and oxygen atoms in total. The lowest BCUT2D eigenvalue weighted by molar-refractivity contribution is -0.143. The van der Waals surface area contributed by atoms with Crippen LogP contribution in [0.15, 0.2) is 78.9 Å². The highest BCUT2D eigenvalue weighted by atomic mass is 16.5. The van der Waals surface area contributed by atoms with E-state index in [2.05, 4.69) is 26.1 Å². The normalized spacial score (nSPS) is 12.2. The molecular formula is C32H40N2O3. The van der Waals surface area contributed by atoms with Gasteiger partial charge in [-0.2, -0.15) is 0 Å². The Morgan fingerprint density at radius 3 is 2.11 bits per heavy atom. The summed E-state index contributed by atoms with van der Waals surface area (Å²) in [6, 6.07) is 24.9. The van der Waals surface area contributed by atoms with Crippen LogP contribution in [0.2, 0.25) is 0 Å². The van der Waals surface area contributed by atoms with E-state index in [0.717, 1.165) is 16.7 Å². The second-order valence-corrected chi connectivity index (χ2v) is 10.9. The number of carbonyl (C=O) groups is 2. The summed E-state index contributed by atoms with van der Waals surface area (Å²) in [5.41, 5.74) is 4.29. The molecule has 0 saturated carbocycles. The first-order valence-electron chi connectivity index (χ1n) is 13.0. The van der Waals surface area contributed by atoms with E-state index in [1.165, 1.54) is 5.56 Å². The van der Waals surface area contributed by atoms with Crippen molar-refractivity contribution in [2.24, 2.45) is 0 Å². The van der Waals surface area contributed by atoms with Crippen molar-refractivity contribution >= 4 is 11.8 Å². The quantitative estimate of drug-likeness (QED) is 0.381. The fraction of sp³-hybridized carbons (Fsp3) is 0.375. The molecule has 1 N–H and O–H groups in total. The Kier molecular flexibility index (Phi) is 9.51. The average Bonchev–Trinajstić information content (AvgIpc) is 2.85. The molecule has 0 fully saturated rings. The summed E-state index contributed by atoms with van der Waals surface area (Å²) in [6.45, 7) is 12.5. The van der Waals surface area contributed by atoms with Gasteiger partial charge in [-0.05, 0) is 60.6 Å². The summed E-state index contributed by atoms with van der Waals surface area (Å²) >= 11 is 0. The van der Waals surface area contributed by atoms with Gasteiger partial charge in [-0.3, -0.25) is 9.59 Å². The molecule has 0 spiro atoms. The largest absolute Gasteiger partial charge is 0.484 e. The highest BCUT2D eigenvalue weighted by Gasteiger charge is 2.31. The number of amides is 2. The molecule has 0 saturated heterocycles. The minimum atomic E-state index is -0.677. The molecule has 5 heteroatoms. The molecule has 0 unspecified atom stereocenters. The number of hydrogen-bond acceptors (Lipinski definition) is 3. The van der Waals surface area contributed by atoms with Crippen molar-refractivity contribution in [3.8, 4) is 5.75 Å². The van der Waals surface area contributed by atoms with Gasteiger partial charge in [0.25, 0.3) is 5.91 Å². The van der Waals surface area contributed by atoms with Gasteiger partial charge in [0.15, 0.2) is 6.61 Å². The van der Waals surface area contributed by atoms with Crippen LogP contribution in [0.3, 0.4) is 0 Å². The van der Waals surface area contributed by atoms with Gasteiger partial charge in [0.2, 0.25) is 5.91 Å². The van der Waals surface area contributed by atoms with Gasteiger partial charge in [0.1, 0.15) is 11.8 Å². The number of nitrogens with zero attached hydrogens (tertiary/aromatic N) is 1. The van der Waals surface area contributed by atoms with Crippen molar-refractivity contribution < 1.29 is 14.3 Å². The number of hydrogen-bond donors (Lipinski definition) is 1. The van der Waals surface area contributed by atoms with Crippen molar-refractivity contribution in [2.45, 2.75) is 72.0 Å². The van der Waals surface area contributed by atoms with Crippen molar-refractivity contribution in [3.63, 3.8) is 0 Å². The Balaban J connectivity index is 1.89. The molecule has 0 aliphatic heterocycles. The van der Waals surface area contributed by atoms with E-state index in [9.17, 15) is 9.59 Å². The zero-order valence-electron chi connectivity index (χ0n) is 23.0. The van der Waals surface area contributed by atoms with Gasteiger partial charge in [-0.25, -0.2) is 0 Å². The SMILES string of the molecule is Cc1ccccc1CN(C(=O)COc1ccc(C(C)(C)C)cc1)[C@@H](Cc1ccccc1)C(=O)NC(C)C. The third-order valence-electron chi connectivity index (χ3n) is 6.39. The summed E-state index contributed by atoms with van der Waals surface area (Å²) in [5.74, 6) is 0.224. The Morgan fingerprint density at radius 1 is 0.892 bits per heavy atom. The Labute approximate surface area is 221 Å². The van der Waals surface area contributed by atoms with Gasteiger partial charge < -0.3 is 15.0 Å². The minimum Gasteiger partial charge on any atom is -0.484 e. The fourth-order valence-corrected chi connectivity index (χ4v) is 4.18. The van der Waals surface area contributed by atoms with Crippen LogP contribution in [0.4, 0.5) is 0 Å². The molecule has 0 aliphatic rings. The molecule has 3 rings (SSSR count). The number of ether oxygens (including phenoxy) is 1. The number of aryl methyl sites for hydroxylation is 1. The van der Waals surface area contributed by atoms with Crippen molar-refractivity contribution in [2.75, 3.05) is 6.61 Å². The van der Waals surface area contributed by atoms with Crippen LogP contribution < -0.4 is 10.1 Å². The molecule has 3 aromatic rings. The van der Waals surface area contributed by atoms with Crippen molar-refractivity contribution in [1.29, 1.82) is 0 Å². The first-order chi connectivity index (χ1) is 17.5. The summed E-state index contributed by atoms with van der Waals surface area (Å²) in [7, 11) is 0. The number of rotatable bonds is 10. The van der Waals surface area contributed by atoms with E-state index in [-0.39, 0.29) is 29.9 Å². The monoisotopic (exact) mass is 500 g/mol. The minimum absolute atomic E-state index is 0.0348. The van der Waals surface area contributed by atoms with Crippen LogP contribution in [0.5, 0.6) is 5.75 Å². The lowest BCUT2D eigenvalue weighted by Crippen LogP contribution is -2.52.